The van der Waals surface area contributed by atoms with E-state index in [9.17, 15) is 4.79 Å². The number of amides is 1. The maximum absolute atomic E-state index is 12.2. The Morgan fingerprint density at radius 2 is 2.00 bits per heavy atom. The molecule has 0 spiro atoms. The molecule has 0 aliphatic heterocycles. The first-order chi connectivity index (χ1) is 13.5. The lowest BCUT2D eigenvalue weighted by Crippen LogP contribution is -2.15. The molecule has 9 heteroatoms. The standard InChI is InChI=1S/C19H20N8O/c1-12-8-15(17-9-27-19(24-17)22-13(2)14(3)25-27)4-5-16(12)23-18(28)6-7-26-11-20-10-21-26/h4-5,8-11H,6-7H2,1-3H3,(H,23,28). The molecule has 0 saturated heterocycles. The van der Waals surface area contributed by atoms with Crippen LogP contribution < -0.4 is 5.32 Å². The highest BCUT2D eigenvalue weighted by Crippen LogP contribution is 2.24. The average molecular weight is 376 g/mol. The topological polar surface area (TPSA) is 103 Å². The molecule has 3 heterocycles. The molecule has 1 aromatic carbocycles. The summed E-state index contributed by atoms with van der Waals surface area (Å²) in [5.41, 5.74) is 5.20. The first kappa shape index (κ1) is 17.8. The molecule has 4 aromatic rings. The lowest BCUT2D eigenvalue weighted by atomic mass is 10.1. The second-order valence-corrected chi connectivity index (χ2v) is 6.64. The Kier molecular flexibility index (Phi) is 4.56. The Bertz CT molecular complexity index is 1110. The molecule has 0 aliphatic rings. The van der Waals surface area contributed by atoms with E-state index in [1.807, 2.05) is 45.2 Å². The van der Waals surface area contributed by atoms with Crippen molar-refractivity contribution >= 4 is 17.4 Å². The van der Waals surface area contributed by atoms with Crippen LogP contribution in [0.25, 0.3) is 17.0 Å². The molecule has 0 fully saturated rings. The van der Waals surface area contributed by atoms with Gasteiger partial charge in [0.15, 0.2) is 0 Å². The third-order valence-corrected chi connectivity index (χ3v) is 4.55. The first-order valence-corrected chi connectivity index (χ1v) is 8.93. The van der Waals surface area contributed by atoms with Crippen molar-refractivity contribution in [2.24, 2.45) is 0 Å². The third kappa shape index (κ3) is 3.59. The normalized spacial score (nSPS) is 11.1. The molecule has 4 rings (SSSR count). The number of nitrogens with one attached hydrogen (secondary N) is 1. The van der Waals surface area contributed by atoms with E-state index in [0.29, 0.717) is 18.7 Å². The zero-order valence-electron chi connectivity index (χ0n) is 15.9. The van der Waals surface area contributed by atoms with E-state index in [4.69, 9.17) is 0 Å². The average Bonchev–Trinajstić information content (AvgIpc) is 3.32. The Morgan fingerprint density at radius 3 is 2.75 bits per heavy atom. The van der Waals surface area contributed by atoms with E-state index in [-0.39, 0.29) is 5.91 Å². The van der Waals surface area contributed by atoms with Crippen molar-refractivity contribution in [2.45, 2.75) is 33.7 Å². The van der Waals surface area contributed by atoms with Crippen LogP contribution in [0, 0.1) is 20.8 Å². The molecule has 0 radical (unpaired) electrons. The van der Waals surface area contributed by atoms with Crippen LogP contribution in [-0.2, 0) is 11.3 Å². The van der Waals surface area contributed by atoms with Crippen molar-refractivity contribution in [1.82, 2.24) is 34.3 Å². The fourth-order valence-electron chi connectivity index (χ4n) is 2.86. The van der Waals surface area contributed by atoms with Crippen molar-refractivity contribution in [3.05, 3.63) is 54.0 Å². The van der Waals surface area contributed by atoms with E-state index in [2.05, 4.69) is 30.5 Å². The van der Waals surface area contributed by atoms with Gasteiger partial charge in [0.2, 0.25) is 5.91 Å². The minimum absolute atomic E-state index is 0.0709. The number of hydrogen-bond donors (Lipinski definition) is 1. The molecule has 142 valence electrons. The second-order valence-electron chi connectivity index (χ2n) is 6.64. The molecule has 0 saturated carbocycles. The van der Waals surface area contributed by atoms with Crippen molar-refractivity contribution in [3.8, 4) is 11.3 Å². The molecular formula is C19H20N8O. The van der Waals surface area contributed by atoms with Crippen LogP contribution in [0.5, 0.6) is 0 Å². The summed E-state index contributed by atoms with van der Waals surface area (Å²) >= 11 is 0. The minimum atomic E-state index is -0.0709. The number of benzene rings is 1. The number of nitrogens with zero attached hydrogens (tertiary/aromatic N) is 7. The van der Waals surface area contributed by atoms with Crippen molar-refractivity contribution < 1.29 is 4.79 Å². The van der Waals surface area contributed by atoms with E-state index in [0.717, 1.165) is 33.9 Å². The summed E-state index contributed by atoms with van der Waals surface area (Å²) in [5, 5.41) is 11.4. The van der Waals surface area contributed by atoms with Crippen molar-refractivity contribution in [1.29, 1.82) is 0 Å². The number of aromatic nitrogens is 7. The van der Waals surface area contributed by atoms with Gasteiger partial charge in [-0.15, -0.1) is 0 Å². The van der Waals surface area contributed by atoms with E-state index in [1.165, 1.54) is 6.33 Å². The molecule has 0 atom stereocenters. The van der Waals surface area contributed by atoms with E-state index in [1.54, 1.807) is 15.5 Å². The number of rotatable bonds is 5. The highest BCUT2D eigenvalue weighted by molar-refractivity contribution is 5.91. The number of anilines is 1. The van der Waals surface area contributed by atoms with Gasteiger partial charge in [0.25, 0.3) is 5.78 Å². The van der Waals surface area contributed by atoms with Crippen LogP contribution in [0.1, 0.15) is 23.4 Å². The maximum Gasteiger partial charge on any atom is 0.251 e. The summed E-state index contributed by atoms with van der Waals surface area (Å²) in [6.07, 6.45) is 5.23. The van der Waals surface area contributed by atoms with Gasteiger partial charge in [0.1, 0.15) is 12.7 Å². The summed E-state index contributed by atoms with van der Waals surface area (Å²) in [6, 6.07) is 5.81. The smallest absolute Gasteiger partial charge is 0.251 e. The van der Waals surface area contributed by atoms with Crippen LogP contribution in [0.4, 0.5) is 5.69 Å². The number of carbonyl (C=O) groups is 1. The van der Waals surface area contributed by atoms with E-state index >= 15 is 0 Å². The van der Waals surface area contributed by atoms with Crippen LogP contribution >= 0.6 is 0 Å². The van der Waals surface area contributed by atoms with Crippen LogP contribution in [0.2, 0.25) is 0 Å². The quantitative estimate of drug-likeness (QED) is 0.573. The fourth-order valence-corrected chi connectivity index (χ4v) is 2.86. The lowest BCUT2D eigenvalue weighted by molar-refractivity contribution is -0.116. The molecule has 28 heavy (non-hydrogen) atoms. The van der Waals surface area contributed by atoms with Crippen LogP contribution in [0.15, 0.2) is 37.1 Å². The second kappa shape index (κ2) is 7.18. The first-order valence-electron chi connectivity index (χ1n) is 8.93. The van der Waals surface area contributed by atoms with E-state index < -0.39 is 0 Å². The predicted molar refractivity (Wildman–Crippen MR) is 104 cm³/mol. The van der Waals surface area contributed by atoms with Gasteiger partial charge < -0.3 is 5.32 Å². The van der Waals surface area contributed by atoms with Gasteiger partial charge in [0, 0.05) is 17.7 Å². The zero-order chi connectivity index (χ0) is 19.7. The zero-order valence-corrected chi connectivity index (χ0v) is 15.9. The van der Waals surface area contributed by atoms with Crippen molar-refractivity contribution in [3.63, 3.8) is 0 Å². The molecule has 0 bridgehead atoms. The fraction of sp³-hybridized carbons (Fsp3) is 0.263. The summed E-state index contributed by atoms with van der Waals surface area (Å²) in [4.78, 5) is 25.1. The predicted octanol–water partition coefficient (Wildman–Crippen LogP) is 2.34. The lowest BCUT2D eigenvalue weighted by Gasteiger charge is -2.09. The summed E-state index contributed by atoms with van der Waals surface area (Å²) < 4.78 is 3.32. The Balaban J connectivity index is 1.50. The summed E-state index contributed by atoms with van der Waals surface area (Å²) in [7, 11) is 0. The summed E-state index contributed by atoms with van der Waals surface area (Å²) in [5.74, 6) is 0.500. The Labute approximate surface area is 161 Å². The number of fused-ring (bicyclic) bond motifs is 1. The highest BCUT2D eigenvalue weighted by atomic mass is 16.1. The molecule has 1 amide bonds. The molecule has 1 N–H and O–H groups in total. The maximum atomic E-state index is 12.2. The monoisotopic (exact) mass is 376 g/mol. The van der Waals surface area contributed by atoms with Gasteiger partial charge in [-0.1, -0.05) is 6.07 Å². The number of imidazole rings is 1. The van der Waals surface area contributed by atoms with Crippen molar-refractivity contribution in [2.75, 3.05) is 5.32 Å². The molecule has 9 nitrogen and oxygen atoms in total. The Hall–Kier alpha value is -3.62. The molecule has 0 aliphatic carbocycles. The van der Waals surface area contributed by atoms with Crippen LogP contribution in [0.3, 0.4) is 0 Å². The van der Waals surface area contributed by atoms with Gasteiger partial charge in [-0.2, -0.15) is 10.2 Å². The molecule has 0 unspecified atom stereocenters. The largest absolute Gasteiger partial charge is 0.326 e. The summed E-state index contributed by atoms with van der Waals surface area (Å²) in [6.45, 7) is 6.29. The highest BCUT2D eigenvalue weighted by Gasteiger charge is 2.11. The van der Waals surface area contributed by atoms with Gasteiger partial charge in [-0.3, -0.25) is 9.48 Å². The van der Waals surface area contributed by atoms with Gasteiger partial charge in [-0.05, 0) is 38.5 Å². The van der Waals surface area contributed by atoms with Gasteiger partial charge >= 0.3 is 0 Å². The Morgan fingerprint density at radius 1 is 1.14 bits per heavy atom. The van der Waals surface area contributed by atoms with Gasteiger partial charge in [0.05, 0.1) is 29.8 Å². The third-order valence-electron chi connectivity index (χ3n) is 4.55. The number of hydrogen-bond acceptors (Lipinski definition) is 6. The van der Waals surface area contributed by atoms with Gasteiger partial charge in [-0.25, -0.2) is 19.5 Å². The number of carbonyl (C=O) groups excluding carboxylic acids is 1. The molecule has 3 aromatic heterocycles. The SMILES string of the molecule is Cc1cc(-c2cn3nc(C)c(C)nc3n2)ccc1NC(=O)CCn1cncn1. The molecular weight excluding hydrogens is 356 g/mol. The number of aryl methyl sites for hydroxylation is 4. The van der Waals surface area contributed by atoms with Crippen LogP contribution in [-0.4, -0.2) is 40.3 Å². The minimum Gasteiger partial charge on any atom is -0.326 e.